The summed E-state index contributed by atoms with van der Waals surface area (Å²) in [5.41, 5.74) is 0.179. The number of aromatic nitrogens is 1. The van der Waals surface area contributed by atoms with Gasteiger partial charge in [0.05, 0.1) is 0 Å². The minimum Gasteiger partial charge on any atom is -0.618 e. The Labute approximate surface area is 108 Å². The largest absolute Gasteiger partial charge is 0.618 e. The average Bonchev–Trinajstić information content (AvgIpc) is 2.39. The zero-order valence-corrected chi connectivity index (χ0v) is 10.8. The molecular weight excluding hydrogens is 228 g/mol. The van der Waals surface area contributed by atoms with E-state index in [9.17, 15) is 10.0 Å². The summed E-state index contributed by atoms with van der Waals surface area (Å²) in [6.45, 7) is 2.16. The number of carbonyl (C=O) groups is 1. The van der Waals surface area contributed by atoms with Gasteiger partial charge in [-0.1, -0.05) is 26.2 Å². The Kier molecular flexibility index (Phi) is 4.18. The van der Waals surface area contributed by atoms with E-state index in [-0.39, 0.29) is 17.6 Å². The Morgan fingerprint density at radius 1 is 1.44 bits per heavy atom. The molecular formula is C14H20N2O2. The maximum Gasteiger partial charge on any atom is 0.317 e. The number of hydrogen-bond acceptors (Lipinski definition) is 2. The highest BCUT2D eigenvalue weighted by atomic mass is 16.5. The van der Waals surface area contributed by atoms with Crippen molar-refractivity contribution < 1.29 is 9.52 Å². The summed E-state index contributed by atoms with van der Waals surface area (Å²) in [4.78, 5) is 12.1. The molecule has 0 aliphatic heterocycles. The van der Waals surface area contributed by atoms with Crippen LogP contribution in [0.1, 0.15) is 49.5 Å². The van der Waals surface area contributed by atoms with Crippen molar-refractivity contribution in [1.82, 2.24) is 5.32 Å². The molecule has 0 aromatic carbocycles. The fourth-order valence-electron chi connectivity index (χ4n) is 2.73. The molecule has 2 atom stereocenters. The highest BCUT2D eigenvalue weighted by molar-refractivity contribution is 5.91. The second-order valence-electron chi connectivity index (χ2n) is 4.94. The first-order valence-electron chi connectivity index (χ1n) is 6.71. The Hall–Kier alpha value is -1.58. The van der Waals surface area contributed by atoms with E-state index in [2.05, 4.69) is 12.2 Å². The van der Waals surface area contributed by atoms with Gasteiger partial charge in [0.25, 0.3) is 5.69 Å². The number of rotatable bonds is 3. The van der Waals surface area contributed by atoms with Crippen molar-refractivity contribution in [3.8, 4) is 0 Å². The number of pyridine rings is 1. The van der Waals surface area contributed by atoms with Gasteiger partial charge < -0.3 is 10.5 Å². The Morgan fingerprint density at radius 3 is 2.94 bits per heavy atom. The lowest BCUT2D eigenvalue weighted by Gasteiger charge is -2.31. The third-order valence-corrected chi connectivity index (χ3v) is 3.81. The lowest BCUT2D eigenvalue weighted by Crippen LogP contribution is -2.46. The zero-order chi connectivity index (χ0) is 13.0. The van der Waals surface area contributed by atoms with E-state index in [1.165, 1.54) is 19.0 Å². The summed E-state index contributed by atoms with van der Waals surface area (Å²) in [5.74, 6) is 0.294. The van der Waals surface area contributed by atoms with E-state index in [0.717, 1.165) is 19.3 Å². The zero-order valence-electron chi connectivity index (χ0n) is 10.8. The number of nitrogens with zero attached hydrogens (tertiary/aromatic N) is 1. The van der Waals surface area contributed by atoms with Crippen molar-refractivity contribution in [2.75, 3.05) is 0 Å². The number of nitrogens with one attached hydrogen (secondary N) is 1. The Morgan fingerprint density at radius 2 is 2.22 bits per heavy atom. The summed E-state index contributed by atoms with van der Waals surface area (Å²) < 4.78 is 0.624. The molecule has 98 valence electrons. The molecule has 1 heterocycles. The maximum atomic E-state index is 12.1. The first-order chi connectivity index (χ1) is 8.72. The van der Waals surface area contributed by atoms with E-state index >= 15 is 0 Å². The topological polar surface area (TPSA) is 56.0 Å². The van der Waals surface area contributed by atoms with Crippen LogP contribution in [0.2, 0.25) is 0 Å². The fourth-order valence-corrected chi connectivity index (χ4v) is 2.73. The molecule has 2 unspecified atom stereocenters. The van der Waals surface area contributed by atoms with Gasteiger partial charge in [-0.3, -0.25) is 4.79 Å². The molecule has 1 amide bonds. The molecule has 1 fully saturated rings. The lowest BCUT2D eigenvalue weighted by atomic mass is 9.83. The van der Waals surface area contributed by atoms with E-state index < -0.39 is 0 Å². The van der Waals surface area contributed by atoms with Crippen molar-refractivity contribution in [2.45, 2.75) is 45.1 Å². The van der Waals surface area contributed by atoms with E-state index in [1.807, 2.05) is 0 Å². The predicted molar refractivity (Wildman–Crippen MR) is 68.9 cm³/mol. The highest BCUT2D eigenvalue weighted by Crippen LogP contribution is 2.26. The molecule has 1 saturated carbocycles. The van der Waals surface area contributed by atoms with Crippen molar-refractivity contribution in [2.24, 2.45) is 5.92 Å². The molecule has 0 radical (unpaired) electrons. The van der Waals surface area contributed by atoms with Gasteiger partial charge in [0.1, 0.15) is 0 Å². The van der Waals surface area contributed by atoms with Gasteiger partial charge in [0, 0.05) is 18.2 Å². The van der Waals surface area contributed by atoms with E-state index in [4.69, 9.17) is 0 Å². The predicted octanol–water partition coefficient (Wildman–Crippen LogP) is 2.02. The normalized spacial score (nSPS) is 23.6. The molecule has 1 aromatic rings. The van der Waals surface area contributed by atoms with Crippen molar-refractivity contribution in [1.29, 1.82) is 0 Å². The monoisotopic (exact) mass is 248 g/mol. The molecule has 1 aliphatic rings. The van der Waals surface area contributed by atoms with Gasteiger partial charge in [-0.2, -0.15) is 4.73 Å². The number of carbonyl (C=O) groups excluding carboxylic acids is 1. The van der Waals surface area contributed by atoms with Crippen LogP contribution < -0.4 is 10.0 Å². The molecule has 4 heteroatoms. The van der Waals surface area contributed by atoms with Gasteiger partial charge in [-0.05, 0) is 24.8 Å². The summed E-state index contributed by atoms with van der Waals surface area (Å²) in [6.07, 6.45) is 7.04. The van der Waals surface area contributed by atoms with Crippen LogP contribution >= 0.6 is 0 Å². The molecule has 18 heavy (non-hydrogen) atoms. The smallest absolute Gasteiger partial charge is 0.317 e. The van der Waals surface area contributed by atoms with Gasteiger partial charge in [-0.15, -0.1) is 0 Å². The SMILES string of the molecule is CCC1CCCCC1NC(=O)c1cccc[n+]1[O-]. The lowest BCUT2D eigenvalue weighted by molar-refractivity contribution is -0.607. The van der Waals surface area contributed by atoms with Gasteiger partial charge in [0.2, 0.25) is 0 Å². The first-order valence-corrected chi connectivity index (χ1v) is 6.71. The average molecular weight is 248 g/mol. The fraction of sp³-hybridized carbons (Fsp3) is 0.571. The van der Waals surface area contributed by atoms with Crippen LogP contribution in [0.3, 0.4) is 0 Å². The molecule has 1 N–H and O–H groups in total. The van der Waals surface area contributed by atoms with Crippen LogP contribution in [-0.4, -0.2) is 11.9 Å². The quantitative estimate of drug-likeness (QED) is 0.657. The van der Waals surface area contributed by atoms with Crippen LogP contribution in [0.4, 0.5) is 0 Å². The van der Waals surface area contributed by atoms with Gasteiger partial charge in [0.15, 0.2) is 6.20 Å². The third kappa shape index (κ3) is 2.81. The van der Waals surface area contributed by atoms with E-state index in [0.29, 0.717) is 10.6 Å². The van der Waals surface area contributed by atoms with Crippen LogP contribution in [0.5, 0.6) is 0 Å². The van der Waals surface area contributed by atoms with Crippen LogP contribution in [0.15, 0.2) is 24.4 Å². The highest BCUT2D eigenvalue weighted by Gasteiger charge is 2.27. The minimum atomic E-state index is -0.254. The molecule has 0 bridgehead atoms. The Balaban J connectivity index is 2.04. The van der Waals surface area contributed by atoms with E-state index in [1.54, 1.807) is 18.2 Å². The molecule has 0 saturated heterocycles. The van der Waals surface area contributed by atoms with Crippen molar-refractivity contribution >= 4 is 5.91 Å². The van der Waals surface area contributed by atoms with Crippen LogP contribution in [-0.2, 0) is 0 Å². The number of amides is 1. The van der Waals surface area contributed by atoms with Gasteiger partial charge >= 0.3 is 5.91 Å². The number of hydrogen-bond donors (Lipinski definition) is 1. The van der Waals surface area contributed by atoms with Crippen molar-refractivity contribution in [3.05, 3.63) is 35.3 Å². The van der Waals surface area contributed by atoms with Crippen molar-refractivity contribution in [3.63, 3.8) is 0 Å². The van der Waals surface area contributed by atoms with Gasteiger partial charge in [-0.25, -0.2) is 0 Å². The molecule has 1 aliphatic carbocycles. The standard InChI is InChI=1S/C14H20N2O2/c1-2-11-7-3-4-8-12(11)15-14(17)13-9-5-6-10-16(13)18/h5-6,9-12H,2-4,7-8H2,1H3,(H,15,17). The summed E-state index contributed by atoms with van der Waals surface area (Å²) in [7, 11) is 0. The second kappa shape index (κ2) is 5.85. The second-order valence-corrected chi connectivity index (χ2v) is 4.94. The molecule has 2 rings (SSSR count). The van der Waals surface area contributed by atoms with Crippen LogP contribution in [0, 0.1) is 11.1 Å². The summed E-state index contributed by atoms with van der Waals surface area (Å²) in [6, 6.07) is 5.11. The van der Waals surface area contributed by atoms with Crippen LogP contribution in [0.25, 0.3) is 0 Å². The molecule has 0 spiro atoms. The summed E-state index contributed by atoms with van der Waals surface area (Å²) >= 11 is 0. The first kappa shape index (κ1) is 12.9. The third-order valence-electron chi connectivity index (χ3n) is 3.81. The molecule has 1 aromatic heterocycles. The maximum absolute atomic E-state index is 12.1. The Bertz CT molecular complexity index is 420. The minimum absolute atomic E-state index is 0.179. The molecule has 4 nitrogen and oxygen atoms in total. The summed E-state index contributed by atoms with van der Waals surface area (Å²) in [5, 5.41) is 14.5.